The molecule has 46 heavy (non-hydrogen) atoms. The van der Waals surface area contributed by atoms with Gasteiger partial charge in [-0.1, -0.05) is 85.6 Å². The minimum absolute atomic E-state index is 0. The monoisotopic (exact) mass is 724 g/mol. The first-order chi connectivity index (χ1) is 21.1. The van der Waals surface area contributed by atoms with E-state index in [-0.39, 0.29) is 59.6 Å². The average molecular weight is 727 g/mol. The van der Waals surface area contributed by atoms with Crippen LogP contribution in [0.2, 0.25) is 10.0 Å². The lowest BCUT2D eigenvalue weighted by Gasteiger charge is -2.26. The van der Waals surface area contributed by atoms with Gasteiger partial charge in [-0.3, -0.25) is 19.0 Å². The molecule has 0 fully saturated rings. The van der Waals surface area contributed by atoms with E-state index < -0.39 is 10.0 Å². The predicted molar refractivity (Wildman–Crippen MR) is 193 cm³/mol. The normalized spacial score (nSPS) is 11.7. The molecule has 4 rings (SSSR count). The van der Waals surface area contributed by atoms with Crippen LogP contribution in [-0.4, -0.2) is 43.8 Å². The molecule has 1 unspecified atom stereocenters. The Morgan fingerprint density at radius 3 is 2.15 bits per heavy atom. The summed E-state index contributed by atoms with van der Waals surface area (Å²) in [6, 6.07) is 23.4. The number of nitrogens with zero attached hydrogens (tertiary/aromatic N) is 3. The molecule has 3 aromatic carbocycles. The van der Waals surface area contributed by atoms with E-state index in [1.165, 1.54) is 22.0 Å². The molecule has 0 saturated heterocycles. The highest BCUT2D eigenvalue weighted by molar-refractivity contribution is 7.93. The molecule has 4 aromatic rings. The van der Waals surface area contributed by atoms with Crippen molar-refractivity contribution >= 4 is 69.6 Å². The smallest absolute Gasteiger partial charge is 0.265 e. The second-order valence-corrected chi connectivity index (χ2v) is 13.2. The fraction of sp³-hybridized carbons (Fsp3) is 0.294. The minimum Gasteiger partial charge on any atom is -0.349 e. The molecule has 1 amide bonds. The number of pyridine rings is 1. The quantitative estimate of drug-likeness (QED) is 0.142. The van der Waals surface area contributed by atoms with Crippen molar-refractivity contribution in [2.45, 2.75) is 51.1 Å². The van der Waals surface area contributed by atoms with Gasteiger partial charge in [-0.25, -0.2) is 8.42 Å². The van der Waals surface area contributed by atoms with Crippen LogP contribution in [0.25, 0.3) is 0 Å². The van der Waals surface area contributed by atoms with Gasteiger partial charge in [-0.05, 0) is 79.0 Å². The van der Waals surface area contributed by atoms with Gasteiger partial charge in [0, 0.05) is 36.9 Å². The molecule has 12 heteroatoms. The number of aromatic nitrogens is 1. The lowest BCUT2D eigenvalue weighted by Crippen LogP contribution is -2.37. The zero-order chi connectivity index (χ0) is 31.7. The Labute approximate surface area is 295 Å². The van der Waals surface area contributed by atoms with Crippen LogP contribution in [0.3, 0.4) is 0 Å². The van der Waals surface area contributed by atoms with Gasteiger partial charge < -0.3 is 5.32 Å². The predicted octanol–water partition coefficient (Wildman–Crippen LogP) is 8.07. The van der Waals surface area contributed by atoms with E-state index in [0.29, 0.717) is 22.7 Å². The number of nitrogens with one attached hydrogen (secondary N) is 1. The summed E-state index contributed by atoms with van der Waals surface area (Å²) in [5.74, 6) is -0.286. The summed E-state index contributed by atoms with van der Waals surface area (Å²) in [6.07, 6.45) is 3.92. The maximum Gasteiger partial charge on any atom is 0.265 e. The largest absolute Gasteiger partial charge is 0.349 e. The Hall–Kier alpha value is -2.85. The van der Waals surface area contributed by atoms with E-state index in [2.05, 4.69) is 53.3 Å². The van der Waals surface area contributed by atoms with E-state index in [9.17, 15) is 13.2 Å². The fourth-order valence-corrected chi connectivity index (χ4v) is 7.21. The number of amides is 1. The lowest BCUT2D eigenvalue weighted by atomic mass is 9.99. The van der Waals surface area contributed by atoms with Gasteiger partial charge in [0.2, 0.25) is 5.91 Å². The highest BCUT2D eigenvalue weighted by atomic mass is 35.5. The van der Waals surface area contributed by atoms with Crippen molar-refractivity contribution in [2.24, 2.45) is 0 Å². The van der Waals surface area contributed by atoms with Crippen LogP contribution >= 0.6 is 48.0 Å². The fourth-order valence-electron chi connectivity index (χ4n) is 4.96. The van der Waals surface area contributed by atoms with Crippen molar-refractivity contribution in [3.63, 3.8) is 0 Å². The number of carbonyl (C=O) groups excluding carboxylic acids is 1. The molecule has 248 valence electrons. The molecule has 0 aliphatic carbocycles. The van der Waals surface area contributed by atoms with Crippen LogP contribution < -0.4 is 9.62 Å². The summed E-state index contributed by atoms with van der Waals surface area (Å²) in [5.41, 5.74) is 4.07. The summed E-state index contributed by atoms with van der Waals surface area (Å²) < 4.78 is 29.0. The van der Waals surface area contributed by atoms with Crippen molar-refractivity contribution < 1.29 is 13.2 Å². The molecular formula is C34H40Cl4N4O3S. The van der Waals surface area contributed by atoms with E-state index in [0.717, 1.165) is 30.8 Å². The molecule has 1 N–H and O–H groups in total. The Morgan fingerprint density at radius 1 is 0.891 bits per heavy atom. The summed E-state index contributed by atoms with van der Waals surface area (Å²) in [4.78, 5) is 20.0. The zero-order valence-corrected chi connectivity index (χ0v) is 30.0. The number of hydrogen-bond donors (Lipinski definition) is 1. The second kappa shape index (κ2) is 18.5. The lowest BCUT2D eigenvalue weighted by molar-refractivity contribution is -0.121. The van der Waals surface area contributed by atoms with Gasteiger partial charge in [-0.15, -0.1) is 24.8 Å². The molecular weight excluding hydrogens is 686 g/mol. The number of hydrogen-bond acceptors (Lipinski definition) is 5. The van der Waals surface area contributed by atoms with Gasteiger partial charge >= 0.3 is 0 Å². The molecule has 0 spiro atoms. The summed E-state index contributed by atoms with van der Waals surface area (Å²) in [6.45, 7) is 8.75. The number of anilines is 1. The Balaban J connectivity index is 0.00000368. The van der Waals surface area contributed by atoms with E-state index >= 15 is 0 Å². The highest BCUT2D eigenvalue weighted by Crippen LogP contribution is 2.34. The molecule has 1 heterocycles. The van der Waals surface area contributed by atoms with Gasteiger partial charge in [0.1, 0.15) is 4.90 Å². The van der Waals surface area contributed by atoms with Gasteiger partial charge in [0.15, 0.2) is 0 Å². The topological polar surface area (TPSA) is 82.6 Å². The Bertz CT molecular complexity index is 1640. The molecule has 0 radical (unpaired) electrons. The van der Waals surface area contributed by atoms with Gasteiger partial charge in [0.05, 0.1) is 16.8 Å². The molecule has 0 bridgehead atoms. The molecule has 0 aliphatic heterocycles. The van der Waals surface area contributed by atoms with E-state index in [4.69, 9.17) is 23.2 Å². The molecule has 0 saturated carbocycles. The highest BCUT2D eigenvalue weighted by Gasteiger charge is 2.29. The SMILES string of the molecule is CCN(CC)Cc1ccc(CC(NC(=O)CCN(c2ccccc2)S(=O)(=O)c2ccc(Cl)c(C)c2Cl)c2cccnc2)cc1.Cl.Cl. The van der Waals surface area contributed by atoms with E-state index in [1.54, 1.807) is 49.6 Å². The number of sulfonamides is 1. The first kappa shape index (κ1) is 39.3. The number of benzene rings is 3. The molecule has 0 aliphatic rings. The van der Waals surface area contributed by atoms with Crippen molar-refractivity contribution in [3.05, 3.63) is 124 Å². The van der Waals surface area contributed by atoms with Crippen molar-refractivity contribution in [2.75, 3.05) is 23.9 Å². The third-order valence-electron chi connectivity index (χ3n) is 7.62. The molecule has 7 nitrogen and oxygen atoms in total. The van der Waals surface area contributed by atoms with Crippen LogP contribution in [0.4, 0.5) is 5.69 Å². The summed E-state index contributed by atoms with van der Waals surface area (Å²) in [7, 11) is -4.12. The number of carbonyl (C=O) groups is 1. The van der Waals surface area contributed by atoms with Crippen molar-refractivity contribution in [3.8, 4) is 0 Å². The van der Waals surface area contributed by atoms with Crippen LogP contribution in [0.5, 0.6) is 0 Å². The summed E-state index contributed by atoms with van der Waals surface area (Å²) >= 11 is 12.6. The van der Waals surface area contributed by atoms with Gasteiger partial charge in [0.25, 0.3) is 10.0 Å². The number of rotatable bonds is 14. The van der Waals surface area contributed by atoms with Crippen LogP contribution in [0.1, 0.15) is 48.6 Å². The van der Waals surface area contributed by atoms with E-state index in [1.807, 2.05) is 12.1 Å². The molecule has 1 atom stereocenters. The van der Waals surface area contributed by atoms with Crippen LogP contribution in [0.15, 0.2) is 96.2 Å². The standard InChI is InChI=1S/C34H38Cl2N4O3S.2ClH/c1-4-39(5-2)24-27-15-13-26(14-16-27)22-31(28-10-9-20-37-23-28)38-33(41)19-21-40(29-11-7-6-8-12-29)44(42,43)32-18-17-30(35)25(3)34(32)36;;/h6-18,20,23,31H,4-5,19,21-22,24H2,1-3H3,(H,38,41);2*1H. The van der Waals surface area contributed by atoms with Crippen molar-refractivity contribution in [1.29, 1.82) is 0 Å². The second-order valence-electron chi connectivity index (χ2n) is 10.5. The van der Waals surface area contributed by atoms with Crippen molar-refractivity contribution in [1.82, 2.24) is 15.2 Å². The third kappa shape index (κ3) is 10.1. The van der Waals surface area contributed by atoms with Gasteiger partial charge in [-0.2, -0.15) is 0 Å². The Kier molecular flexibility index (Phi) is 15.8. The number of halogens is 4. The van der Waals surface area contributed by atoms with Crippen LogP contribution in [0, 0.1) is 6.92 Å². The maximum atomic E-state index is 13.9. The number of para-hydroxylation sites is 1. The molecule has 1 aromatic heterocycles. The first-order valence-corrected chi connectivity index (χ1v) is 16.9. The summed E-state index contributed by atoms with van der Waals surface area (Å²) in [5, 5.41) is 3.55. The maximum absolute atomic E-state index is 13.9. The first-order valence-electron chi connectivity index (χ1n) is 14.7. The zero-order valence-electron chi connectivity index (χ0n) is 26.0. The average Bonchev–Trinajstić information content (AvgIpc) is 3.03. The Morgan fingerprint density at radius 2 is 1.54 bits per heavy atom. The third-order valence-corrected chi connectivity index (χ3v) is 10.5. The van der Waals surface area contributed by atoms with Crippen LogP contribution in [-0.2, 0) is 27.8 Å². The minimum atomic E-state index is -4.12.